The Morgan fingerprint density at radius 1 is 1.39 bits per heavy atom. The lowest BCUT2D eigenvalue weighted by Gasteiger charge is -2.26. The molecule has 18 heavy (non-hydrogen) atoms. The molecule has 0 radical (unpaired) electrons. The van der Waals surface area contributed by atoms with Crippen LogP contribution in [0.4, 0.5) is 8.78 Å². The second-order valence-electron chi connectivity index (χ2n) is 4.91. The third-order valence-corrected chi connectivity index (χ3v) is 2.99. The summed E-state index contributed by atoms with van der Waals surface area (Å²) >= 11 is 0. The van der Waals surface area contributed by atoms with Gasteiger partial charge in [-0.3, -0.25) is 4.79 Å². The first kappa shape index (κ1) is 14.6. The van der Waals surface area contributed by atoms with Crippen LogP contribution in [0.25, 0.3) is 0 Å². The third kappa shape index (κ3) is 3.26. The molecule has 1 unspecified atom stereocenters. The lowest BCUT2D eigenvalue weighted by Crippen LogP contribution is -2.30. The first-order chi connectivity index (χ1) is 8.27. The van der Waals surface area contributed by atoms with Gasteiger partial charge in [-0.25, -0.2) is 8.78 Å². The molecule has 3 nitrogen and oxygen atoms in total. The van der Waals surface area contributed by atoms with Gasteiger partial charge in [0.15, 0.2) is 11.6 Å². The summed E-state index contributed by atoms with van der Waals surface area (Å²) in [4.78, 5) is 11.1. The third-order valence-electron chi connectivity index (χ3n) is 2.99. The van der Waals surface area contributed by atoms with E-state index < -0.39 is 23.0 Å². The first-order valence-electron chi connectivity index (χ1n) is 5.63. The smallest absolute Gasteiger partial charge is 0.309 e. The fraction of sp³-hybridized carbons (Fsp3) is 0.462. The Bertz CT molecular complexity index is 447. The van der Waals surface area contributed by atoms with Gasteiger partial charge in [0.2, 0.25) is 0 Å². The zero-order chi connectivity index (χ0) is 13.9. The van der Waals surface area contributed by atoms with Crippen LogP contribution < -0.4 is 5.32 Å². The molecule has 0 spiro atoms. The van der Waals surface area contributed by atoms with Gasteiger partial charge in [-0.1, -0.05) is 6.07 Å². The molecule has 1 rings (SSSR count). The van der Waals surface area contributed by atoms with Crippen molar-refractivity contribution < 1.29 is 18.7 Å². The maximum Gasteiger partial charge on any atom is 0.309 e. The predicted molar refractivity (Wildman–Crippen MR) is 64.2 cm³/mol. The SMILES string of the molecule is CNC(CC(C)(C)C(=O)O)c1ccc(F)c(F)c1. The molecule has 0 bridgehead atoms. The van der Waals surface area contributed by atoms with Crippen LogP contribution in [0.3, 0.4) is 0 Å². The number of benzene rings is 1. The lowest BCUT2D eigenvalue weighted by molar-refractivity contribution is -0.147. The average Bonchev–Trinajstić information content (AvgIpc) is 2.29. The van der Waals surface area contributed by atoms with E-state index in [0.717, 1.165) is 12.1 Å². The van der Waals surface area contributed by atoms with Crippen LogP contribution in [-0.2, 0) is 4.79 Å². The largest absolute Gasteiger partial charge is 0.481 e. The molecule has 0 aromatic heterocycles. The van der Waals surface area contributed by atoms with Crippen molar-refractivity contribution >= 4 is 5.97 Å². The monoisotopic (exact) mass is 257 g/mol. The Balaban J connectivity index is 2.96. The molecular weight excluding hydrogens is 240 g/mol. The van der Waals surface area contributed by atoms with Gasteiger partial charge in [-0.2, -0.15) is 0 Å². The van der Waals surface area contributed by atoms with Gasteiger partial charge < -0.3 is 10.4 Å². The average molecular weight is 257 g/mol. The van der Waals surface area contributed by atoms with E-state index in [1.807, 2.05) is 0 Å². The van der Waals surface area contributed by atoms with Crippen molar-refractivity contribution in [2.24, 2.45) is 5.41 Å². The van der Waals surface area contributed by atoms with Crippen molar-refractivity contribution in [1.82, 2.24) is 5.32 Å². The van der Waals surface area contributed by atoms with Crippen LogP contribution >= 0.6 is 0 Å². The molecule has 0 aliphatic heterocycles. The van der Waals surface area contributed by atoms with Gasteiger partial charge in [0, 0.05) is 6.04 Å². The van der Waals surface area contributed by atoms with Crippen molar-refractivity contribution in [3.05, 3.63) is 35.4 Å². The maximum atomic E-state index is 13.1. The zero-order valence-electron chi connectivity index (χ0n) is 10.6. The molecule has 0 fully saturated rings. The van der Waals surface area contributed by atoms with Crippen LogP contribution in [0.5, 0.6) is 0 Å². The molecule has 0 saturated carbocycles. The Labute approximate surface area is 105 Å². The number of halogens is 2. The predicted octanol–water partition coefficient (Wildman–Crippen LogP) is 2.73. The van der Waals surface area contributed by atoms with E-state index in [2.05, 4.69) is 5.32 Å². The summed E-state index contributed by atoms with van der Waals surface area (Å²) in [5, 5.41) is 12.0. The summed E-state index contributed by atoms with van der Waals surface area (Å²) in [7, 11) is 1.66. The first-order valence-corrected chi connectivity index (χ1v) is 5.63. The summed E-state index contributed by atoms with van der Waals surface area (Å²) in [6, 6.07) is 3.25. The number of hydrogen-bond acceptors (Lipinski definition) is 2. The highest BCUT2D eigenvalue weighted by molar-refractivity contribution is 5.73. The number of rotatable bonds is 5. The van der Waals surface area contributed by atoms with Crippen molar-refractivity contribution in [2.45, 2.75) is 26.3 Å². The maximum absolute atomic E-state index is 13.1. The minimum Gasteiger partial charge on any atom is -0.481 e. The second kappa shape index (κ2) is 5.44. The fourth-order valence-corrected chi connectivity index (χ4v) is 1.71. The zero-order valence-corrected chi connectivity index (χ0v) is 10.6. The van der Waals surface area contributed by atoms with E-state index >= 15 is 0 Å². The van der Waals surface area contributed by atoms with E-state index in [1.165, 1.54) is 6.07 Å². The standard InChI is InChI=1S/C13H17F2NO2/c1-13(2,12(17)18)7-11(16-3)8-4-5-9(14)10(15)6-8/h4-6,11,16H,7H2,1-3H3,(H,17,18). The summed E-state index contributed by atoms with van der Waals surface area (Å²) in [6.07, 6.45) is 0.282. The van der Waals surface area contributed by atoms with Crippen LogP contribution in [0, 0.1) is 17.0 Å². The Hall–Kier alpha value is -1.49. The van der Waals surface area contributed by atoms with E-state index in [1.54, 1.807) is 20.9 Å². The van der Waals surface area contributed by atoms with Crippen LogP contribution in [0.1, 0.15) is 31.9 Å². The quantitative estimate of drug-likeness (QED) is 0.852. The number of carboxylic acid groups (broad SMARTS) is 1. The van der Waals surface area contributed by atoms with Gasteiger partial charge in [0.05, 0.1) is 5.41 Å². The van der Waals surface area contributed by atoms with E-state index in [9.17, 15) is 13.6 Å². The Kier molecular flexibility index (Phi) is 4.40. The fourth-order valence-electron chi connectivity index (χ4n) is 1.71. The van der Waals surface area contributed by atoms with Gasteiger partial charge >= 0.3 is 5.97 Å². The summed E-state index contributed by atoms with van der Waals surface area (Å²) < 4.78 is 26.0. The Morgan fingerprint density at radius 2 is 2.00 bits per heavy atom. The number of aliphatic carboxylic acids is 1. The van der Waals surface area contributed by atoms with Crippen molar-refractivity contribution in [2.75, 3.05) is 7.05 Å². The molecule has 0 aliphatic rings. The molecule has 0 saturated heterocycles. The van der Waals surface area contributed by atoms with E-state index in [-0.39, 0.29) is 12.5 Å². The highest BCUT2D eigenvalue weighted by atomic mass is 19.2. The molecule has 0 aliphatic carbocycles. The van der Waals surface area contributed by atoms with Crippen molar-refractivity contribution in [3.8, 4) is 0 Å². The lowest BCUT2D eigenvalue weighted by atomic mass is 9.83. The number of hydrogen-bond donors (Lipinski definition) is 2. The molecule has 5 heteroatoms. The number of nitrogens with one attached hydrogen (secondary N) is 1. The van der Waals surface area contributed by atoms with Crippen LogP contribution in [0.15, 0.2) is 18.2 Å². The van der Waals surface area contributed by atoms with Gasteiger partial charge in [0.1, 0.15) is 0 Å². The molecular formula is C13H17F2NO2. The highest BCUT2D eigenvalue weighted by Crippen LogP contribution is 2.30. The van der Waals surface area contributed by atoms with Crippen molar-refractivity contribution in [3.63, 3.8) is 0 Å². The summed E-state index contributed by atoms with van der Waals surface area (Å²) in [5.41, 5.74) is -0.413. The normalized spacial score (nSPS) is 13.4. The minimum absolute atomic E-state index is 0.282. The van der Waals surface area contributed by atoms with Gasteiger partial charge in [-0.05, 0) is 45.0 Å². The molecule has 2 N–H and O–H groups in total. The molecule has 1 aromatic rings. The second-order valence-corrected chi connectivity index (χ2v) is 4.91. The summed E-state index contributed by atoms with van der Waals surface area (Å²) in [6.45, 7) is 3.19. The molecule has 1 aromatic carbocycles. The molecule has 0 heterocycles. The van der Waals surface area contributed by atoms with E-state index in [0.29, 0.717) is 5.56 Å². The molecule has 1 atom stereocenters. The summed E-state index contributed by atoms with van der Waals surface area (Å²) in [5.74, 6) is -2.77. The van der Waals surface area contributed by atoms with Crippen LogP contribution in [-0.4, -0.2) is 18.1 Å². The Morgan fingerprint density at radius 3 is 2.44 bits per heavy atom. The van der Waals surface area contributed by atoms with Gasteiger partial charge in [-0.15, -0.1) is 0 Å². The topological polar surface area (TPSA) is 49.3 Å². The van der Waals surface area contributed by atoms with Crippen molar-refractivity contribution in [1.29, 1.82) is 0 Å². The number of carboxylic acids is 1. The van der Waals surface area contributed by atoms with Gasteiger partial charge in [0.25, 0.3) is 0 Å². The van der Waals surface area contributed by atoms with Crippen LogP contribution in [0.2, 0.25) is 0 Å². The molecule has 100 valence electrons. The minimum atomic E-state index is -0.946. The van der Waals surface area contributed by atoms with E-state index in [4.69, 9.17) is 5.11 Å². The highest BCUT2D eigenvalue weighted by Gasteiger charge is 2.31. The molecule has 0 amide bonds. The number of carbonyl (C=O) groups is 1.